The van der Waals surface area contributed by atoms with Crippen LogP contribution in [-0.2, 0) is 9.16 Å². The van der Waals surface area contributed by atoms with Crippen LogP contribution in [0.2, 0.25) is 10.3 Å². The zero-order valence-electron chi connectivity index (χ0n) is 23.1. The summed E-state index contributed by atoms with van der Waals surface area (Å²) in [7, 11) is -3.04. The van der Waals surface area contributed by atoms with E-state index in [9.17, 15) is 15.0 Å². The lowest BCUT2D eigenvalue weighted by Gasteiger charge is -2.44. The molecular formula is C29H30ClN5O6Si. The van der Waals surface area contributed by atoms with Crippen LogP contribution in [0, 0.1) is 12.3 Å². The summed E-state index contributed by atoms with van der Waals surface area (Å²) < 4.78 is 19.4. The normalized spacial score (nSPS) is 22.6. The van der Waals surface area contributed by atoms with Gasteiger partial charge in [0.25, 0.3) is 14.2 Å². The predicted octanol–water partition coefficient (Wildman–Crippen LogP) is 2.14. The standard InChI is InChI=1S/C29H30ClN5O6Si/c1-5-29(38)20(16-39-42(28(2,3)4,18-12-8-6-9-13-18)19-14-10-7-11-15-19)40-25(22(29)36)35-17-32-21-23(35)33-26(30)34-24(21)41-27(31)37/h1,6-15,17,20,22,25,36,38H,16H2,2-4H3,(H2,31,37)/t20-,22+,25-,29-/m1/s1. The monoisotopic (exact) mass is 607 g/mol. The van der Waals surface area contributed by atoms with Crippen LogP contribution in [-0.4, -0.2) is 68.6 Å². The van der Waals surface area contributed by atoms with E-state index in [0.29, 0.717) is 0 Å². The maximum absolute atomic E-state index is 11.6. The van der Waals surface area contributed by atoms with Crippen LogP contribution in [0.1, 0.15) is 27.0 Å². The van der Waals surface area contributed by atoms with E-state index in [0.717, 1.165) is 10.4 Å². The van der Waals surface area contributed by atoms with Gasteiger partial charge in [0.1, 0.15) is 12.2 Å². The van der Waals surface area contributed by atoms with E-state index in [4.69, 9.17) is 37.7 Å². The number of nitrogens with zero attached hydrogens (tertiary/aromatic N) is 4. The van der Waals surface area contributed by atoms with E-state index in [2.05, 4.69) is 41.6 Å². The Morgan fingerprint density at radius 1 is 1.17 bits per heavy atom. The molecule has 0 aliphatic carbocycles. The molecule has 1 fully saturated rings. The molecule has 2 aromatic carbocycles. The van der Waals surface area contributed by atoms with Crippen molar-refractivity contribution in [3.8, 4) is 18.2 Å². The lowest BCUT2D eigenvalue weighted by Crippen LogP contribution is -2.67. The molecule has 42 heavy (non-hydrogen) atoms. The fourth-order valence-electron chi connectivity index (χ4n) is 5.50. The minimum Gasteiger partial charge on any atom is -0.405 e. The smallest absolute Gasteiger partial charge is 0.405 e. The number of imidazole rings is 1. The molecule has 0 saturated carbocycles. The molecule has 1 aliphatic heterocycles. The highest BCUT2D eigenvalue weighted by molar-refractivity contribution is 6.99. The highest BCUT2D eigenvalue weighted by atomic mass is 35.5. The van der Waals surface area contributed by atoms with Gasteiger partial charge < -0.3 is 29.8 Å². The SMILES string of the molecule is C#C[C@@]1(O)[C@@H](CO[Si](c2ccccc2)(c2ccccc2)C(C)(C)C)O[C@@H](n2cnc3c(OC(N)=O)nc(Cl)nc32)[C@@H]1O. The van der Waals surface area contributed by atoms with Gasteiger partial charge in [0.2, 0.25) is 5.28 Å². The van der Waals surface area contributed by atoms with E-state index in [-0.39, 0.29) is 34.0 Å². The number of aromatic nitrogens is 4. The number of primary amides is 1. The molecule has 5 rings (SSSR count). The summed E-state index contributed by atoms with van der Waals surface area (Å²) in [6, 6.07) is 19.9. The van der Waals surface area contributed by atoms with Crippen molar-refractivity contribution in [3.05, 3.63) is 72.3 Å². The second kappa shape index (κ2) is 11.1. The molecule has 11 nitrogen and oxygen atoms in total. The van der Waals surface area contributed by atoms with E-state index < -0.39 is 38.4 Å². The topological polar surface area (TPSA) is 155 Å². The van der Waals surface area contributed by atoms with Crippen molar-refractivity contribution in [1.29, 1.82) is 0 Å². The first-order valence-electron chi connectivity index (χ1n) is 13.1. The first kappa shape index (κ1) is 29.7. The summed E-state index contributed by atoms with van der Waals surface area (Å²) in [5.41, 5.74) is 3.09. The molecule has 0 radical (unpaired) electrons. The summed E-state index contributed by atoms with van der Waals surface area (Å²) in [4.78, 5) is 23.6. The lowest BCUT2D eigenvalue weighted by molar-refractivity contribution is -0.0572. The summed E-state index contributed by atoms with van der Waals surface area (Å²) in [6.07, 6.45) is 1.92. The fourth-order valence-corrected chi connectivity index (χ4v) is 10.2. The maximum Gasteiger partial charge on any atom is 0.411 e. The first-order chi connectivity index (χ1) is 19.9. The van der Waals surface area contributed by atoms with Crippen molar-refractivity contribution in [1.82, 2.24) is 19.5 Å². The Morgan fingerprint density at radius 3 is 2.29 bits per heavy atom. The number of terminal acetylenes is 1. The number of nitrogens with two attached hydrogens (primary N) is 1. The number of halogens is 1. The zero-order chi connectivity index (χ0) is 30.3. The van der Waals surface area contributed by atoms with E-state index >= 15 is 0 Å². The molecule has 0 unspecified atom stereocenters. The van der Waals surface area contributed by atoms with Gasteiger partial charge in [-0.25, -0.2) is 9.78 Å². The predicted molar refractivity (Wildman–Crippen MR) is 158 cm³/mol. The zero-order valence-corrected chi connectivity index (χ0v) is 24.9. The number of benzene rings is 2. The minimum absolute atomic E-state index is 0.0326. The Labute approximate surface area is 248 Å². The first-order valence-corrected chi connectivity index (χ1v) is 15.4. The number of aliphatic hydroxyl groups is 2. The average molecular weight is 608 g/mol. The number of hydrogen-bond acceptors (Lipinski definition) is 9. The van der Waals surface area contributed by atoms with Crippen LogP contribution in [0.15, 0.2) is 67.0 Å². The van der Waals surface area contributed by atoms with Gasteiger partial charge in [-0.1, -0.05) is 87.4 Å². The Morgan fingerprint density at radius 2 is 1.76 bits per heavy atom. The number of carbonyl (C=O) groups excluding carboxylic acids is 1. The van der Waals surface area contributed by atoms with Crippen LogP contribution in [0.4, 0.5) is 4.79 Å². The fraction of sp³-hybridized carbons (Fsp3) is 0.310. The summed E-state index contributed by atoms with van der Waals surface area (Å²) in [5.74, 6) is 2.05. The number of rotatable bonds is 7. The molecule has 4 aromatic rings. The van der Waals surface area contributed by atoms with E-state index in [1.54, 1.807) is 0 Å². The molecule has 0 bridgehead atoms. The molecule has 0 spiro atoms. The summed E-state index contributed by atoms with van der Waals surface area (Å²) in [5, 5.41) is 24.3. The van der Waals surface area contributed by atoms with Crippen molar-refractivity contribution in [2.24, 2.45) is 5.73 Å². The number of aliphatic hydroxyl groups excluding tert-OH is 1. The third-order valence-corrected chi connectivity index (χ3v) is 12.6. The van der Waals surface area contributed by atoms with Crippen LogP contribution in [0.5, 0.6) is 5.88 Å². The van der Waals surface area contributed by atoms with Crippen molar-refractivity contribution in [3.63, 3.8) is 0 Å². The van der Waals surface area contributed by atoms with Crippen molar-refractivity contribution >= 4 is 47.5 Å². The Bertz CT molecular complexity index is 1600. The minimum atomic E-state index is -3.04. The molecule has 218 valence electrons. The molecule has 4 N–H and O–H groups in total. The van der Waals surface area contributed by atoms with Crippen molar-refractivity contribution in [2.45, 2.75) is 49.8 Å². The van der Waals surface area contributed by atoms with Crippen molar-refractivity contribution < 1.29 is 28.9 Å². The lowest BCUT2D eigenvalue weighted by atomic mass is 9.93. The van der Waals surface area contributed by atoms with Gasteiger partial charge in [-0.3, -0.25) is 4.57 Å². The molecule has 1 saturated heterocycles. The number of ether oxygens (including phenoxy) is 2. The second-order valence-corrected chi connectivity index (χ2v) is 15.6. The highest BCUT2D eigenvalue weighted by Gasteiger charge is 2.58. The second-order valence-electron chi connectivity index (χ2n) is 10.9. The number of carbonyl (C=O) groups is 1. The van der Waals surface area contributed by atoms with E-state index in [1.165, 1.54) is 10.9 Å². The van der Waals surface area contributed by atoms with Gasteiger partial charge in [0, 0.05) is 0 Å². The maximum atomic E-state index is 11.6. The Hall–Kier alpha value is -3.83. The largest absolute Gasteiger partial charge is 0.411 e. The van der Waals surface area contributed by atoms with Gasteiger partial charge in [-0.15, -0.1) is 6.42 Å². The van der Waals surface area contributed by atoms with Crippen molar-refractivity contribution in [2.75, 3.05) is 6.61 Å². The van der Waals surface area contributed by atoms with Gasteiger partial charge in [-0.2, -0.15) is 9.97 Å². The molecule has 13 heteroatoms. The number of fused-ring (bicyclic) bond motifs is 1. The summed E-state index contributed by atoms with van der Waals surface area (Å²) in [6.45, 7) is 6.21. The third kappa shape index (κ3) is 4.94. The summed E-state index contributed by atoms with van der Waals surface area (Å²) >= 11 is 6.05. The van der Waals surface area contributed by atoms with Gasteiger partial charge in [-0.05, 0) is 27.0 Å². The molecule has 4 atom stereocenters. The highest BCUT2D eigenvalue weighted by Crippen LogP contribution is 2.41. The van der Waals surface area contributed by atoms with E-state index in [1.807, 2.05) is 60.7 Å². The quantitative estimate of drug-likeness (QED) is 0.163. The van der Waals surface area contributed by atoms with Gasteiger partial charge >= 0.3 is 6.09 Å². The Kier molecular flexibility index (Phi) is 7.84. The van der Waals surface area contributed by atoms with Crippen LogP contribution in [0.3, 0.4) is 0 Å². The Balaban J connectivity index is 1.54. The van der Waals surface area contributed by atoms with Gasteiger partial charge in [0.15, 0.2) is 23.0 Å². The third-order valence-electron chi connectivity index (χ3n) is 7.45. The number of amides is 1. The molecule has 1 amide bonds. The van der Waals surface area contributed by atoms with Crippen LogP contribution in [0.25, 0.3) is 11.2 Å². The van der Waals surface area contributed by atoms with Gasteiger partial charge in [0.05, 0.1) is 12.9 Å². The molecule has 3 heterocycles. The average Bonchev–Trinajstić information content (AvgIpc) is 3.48. The molecular weight excluding hydrogens is 578 g/mol. The van der Waals surface area contributed by atoms with Crippen LogP contribution < -0.4 is 20.8 Å². The molecule has 2 aromatic heterocycles. The molecule has 1 aliphatic rings. The number of hydrogen-bond donors (Lipinski definition) is 3. The van der Waals surface area contributed by atoms with Crippen LogP contribution >= 0.6 is 11.6 Å².